The second kappa shape index (κ2) is 8.12. The molecule has 0 radical (unpaired) electrons. The lowest BCUT2D eigenvalue weighted by molar-refractivity contribution is -0.130. The van der Waals surface area contributed by atoms with Crippen molar-refractivity contribution in [3.63, 3.8) is 0 Å². The first-order valence-corrected chi connectivity index (χ1v) is 11.8. The predicted octanol–water partition coefficient (Wildman–Crippen LogP) is 2.25. The Morgan fingerprint density at radius 2 is 1.94 bits per heavy atom. The summed E-state index contributed by atoms with van der Waals surface area (Å²) < 4.78 is 32.5. The third kappa shape index (κ3) is 4.24. The summed E-state index contributed by atoms with van der Waals surface area (Å²) in [6.07, 6.45) is 4.00. The van der Waals surface area contributed by atoms with Crippen molar-refractivity contribution in [2.45, 2.75) is 43.7 Å². The smallest absolute Gasteiger partial charge is 0.243 e. The van der Waals surface area contributed by atoms with Gasteiger partial charge in [0.1, 0.15) is 5.76 Å². The highest BCUT2D eigenvalue weighted by molar-refractivity contribution is 7.89. The zero-order valence-corrected chi connectivity index (χ0v) is 18.8. The van der Waals surface area contributed by atoms with E-state index < -0.39 is 10.0 Å². The first-order valence-electron chi connectivity index (χ1n) is 10.4. The van der Waals surface area contributed by atoms with Gasteiger partial charge in [-0.2, -0.15) is 4.31 Å². The number of nitrogens with zero attached hydrogens (tertiary/aromatic N) is 3. The molecule has 1 aromatic carbocycles. The molecule has 0 N–H and O–H groups in total. The number of sulfonamides is 1. The van der Waals surface area contributed by atoms with Gasteiger partial charge in [-0.25, -0.2) is 8.42 Å². The van der Waals surface area contributed by atoms with Gasteiger partial charge in [-0.1, -0.05) is 0 Å². The highest BCUT2D eigenvalue weighted by Crippen LogP contribution is 2.39. The van der Waals surface area contributed by atoms with E-state index in [9.17, 15) is 18.0 Å². The molecule has 1 fully saturated rings. The van der Waals surface area contributed by atoms with Crippen LogP contribution >= 0.6 is 0 Å². The summed E-state index contributed by atoms with van der Waals surface area (Å²) >= 11 is 0. The number of anilines is 1. The average molecular weight is 446 g/mol. The van der Waals surface area contributed by atoms with E-state index in [1.165, 1.54) is 24.3 Å². The van der Waals surface area contributed by atoms with Crippen LogP contribution in [0.25, 0.3) is 0 Å². The number of furan rings is 1. The van der Waals surface area contributed by atoms with Crippen molar-refractivity contribution < 1.29 is 22.4 Å². The number of amides is 2. The van der Waals surface area contributed by atoms with Crippen molar-refractivity contribution in [1.82, 2.24) is 9.21 Å². The first kappa shape index (κ1) is 21.6. The molecule has 31 heavy (non-hydrogen) atoms. The minimum Gasteiger partial charge on any atom is -0.467 e. The number of hydrogen-bond donors (Lipinski definition) is 0. The number of hydrogen-bond acceptors (Lipinski definition) is 5. The third-order valence-corrected chi connectivity index (χ3v) is 7.69. The predicted molar refractivity (Wildman–Crippen MR) is 115 cm³/mol. The van der Waals surface area contributed by atoms with Crippen LogP contribution in [0, 0.1) is 5.92 Å². The minimum absolute atomic E-state index is 0.00983. The molecule has 9 heteroatoms. The Bertz CT molecular complexity index is 1090. The molecule has 1 saturated carbocycles. The maximum atomic E-state index is 13.1. The second-order valence-corrected chi connectivity index (χ2v) is 10.5. The fourth-order valence-electron chi connectivity index (χ4n) is 3.93. The molecular weight excluding hydrogens is 418 g/mol. The molecule has 2 amide bonds. The van der Waals surface area contributed by atoms with Gasteiger partial charge in [-0.3, -0.25) is 9.59 Å². The third-order valence-electron chi connectivity index (χ3n) is 5.90. The molecule has 0 bridgehead atoms. The quantitative estimate of drug-likeness (QED) is 0.652. The van der Waals surface area contributed by atoms with E-state index in [4.69, 9.17) is 4.42 Å². The van der Waals surface area contributed by atoms with E-state index in [0.29, 0.717) is 12.2 Å². The van der Waals surface area contributed by atoms with Gasteiger partial charge in [0.2, 0.25) is 21.8 Å². The lowest BCUT2D eigenvalue weighted by Crippen LogP contribution is -2.39. The van der Waals surface area contributed by atoms with Crippen molar-refractivity contribution in [3.05, 3.63) is 47.9 Å². The van der Waals surface area contributed by atoms with Crippen molar-refractivity contribution >= 4 is 27.5 Å². The van der Waals surface area contributed by atoms with Gasteiger partial charge < -0.3 is 14.2 Å². The van der Waals surface area contributed by atoms with Crippen LogP contribution in [0.2, 0.25) is 0 Å². The molecule has 1 aliphatic carbocycles. The topological polar surface area (TPSA) is 91.1 Å². The van der Waals surface area contributed by atoms with Crippen molar-refractivity contribution in [2.24, 2.45) is 5.92 Å². The summed E-state index contributed by atoms with van der Waals surface area (Å²) in [4.78, 5) is 28.5. The molecule has 2 heterocycles. The average Bonchev–Trinajstić information content (AvgIpc) is 3.35. The van der Waals surface area contributed by atoms with Crippen LogP contribution < -0.4 is 4.90 Å². The number of carbonyl (C=O) groups excluding carboxylic acids is 2. The fourth-order valence-corrected chi connectivity index (χ4v) is 5.10. The summed E-state index contributed by atoms with van der Waals surface area (Å²) in [5.74, 6) is 0.522. The SMILES string of the molecule is C[C@@H]1Cc2cc(S(=O)(=O)N(C)CC(=O)N(C)Cc3ccco3)ccc2N1C(=O)C1CC1. The van der Waals surface area contributed by atoms with Crippen LogP contribution in [0.1, 0.15) is 31.1 Å². The maximum absolute atomic E-state index is 13.1. The Balaban J connectivity index is 1.47. The maximum Gasteiger partial charge on any atom is 0.243 e. The number of carbonyl (C=O) groups is 2. The Hall–Kier alpha value is -2.65. The number of benzene rings is 1. The monoisotopic (exact) mass is 445 g/mol. The van der Waals surface area contributed by atoms with Crippen LogP contribution in [0.4, 0.5) is 5.69 Å². The highest BCUT2D eigenvalue weighted by atomic mass is 32.2. The highest BCUT2D eigenvalue weighted by Gasteiger charge is 2.40. The minimum atomic E-state index is -3.85. The molecule has 8 nitrogen and oxygen atoms in total. The van der Waals surface area contributed by atoms with Gasteiger partial charge in [0.15, 0.2) is 0 Å². The van der Waals surface area contributed by atoms with Gasteiger partial charge in [0, 0.05) is 31.7 Å². The van der Waals surface area contributed by atoms with Crippen molar-refractivity contribution in [1.29, 1.82) is 0 Å². The van der Waals surface area contributed by atoms with Gasteiger partial charge >= 0.3 is 0 Å². The Morgan fingerprint density at radius 3 is 2.58 bits per heavy atom. The van der Waals surface area contributed by atoms with Crippen LogP contribution in [0.3, 0.4) is 0 Å². The summed E-state index contributed by atoms with van der Waals surface area (Å²) in [5, 5.41) is 0. The lowest BCUT2D eigenvalue weighted by atomic mass is 10.1. The first-order chi connectivity index (χ1) is 14.7. The summed E-state index contributed by atoms with van der Waals surface area (Å²) in [6, 6.07) is 8.37. The van der Waals surface area contributed by atoms with E-state index in [1.807, 2.05) is 6.92 Å². The van der Waals surface area contributed by atoms with E-state index in [0.717, 1.165) is 28.4 Å². The van der Waals surface area contributed by atoms with Crippen LogP contribution in [-0.2, 0) is 32.6 Å². The number of rotatable bonds is 7. The van der Waals surface area contributed by atoms with E-state index in [-0.39, 0.29) is 41.8 Å². The number of likely N-dealkylation sites (N-methyl/N-ethyl adjacent to an activating group) is 2. The standard InChI is InChI=1S/C22H27N3O5S/c1-15-11-17-12-19(8-9-20(17)25(15)22(27)16-6-7-16)31(28,29)24(3)14-21(26)23(2)13-18-5-4-10-30-18/h4-5,8-10,12,15-16H,6-7,11,13-14H2,1-3H3/t15-/m1/s1. The van der Waals surface area contributed by atoms with Crippen molar-refractivity contribution in [3.8, 4) is 0 Å². The largest absolute Gasteiger partial charge is 0.467 e. The van der Waals surface area contributed by atoms with Gasteiger partial charge in [-0.05, 0) is 62.1 Å². The molecule has 1 atom stereocenters. The zero-order valence-electron chi connectivity index (χ0n) is 17.9. The molecule has 0 saturated heterocycles. The van der Waals surface area contributed by atoms with E-state index in [2.05, 4.69) is 0 Å². The molecule has 166 valence electrons. The normalized spacial score (nSPS) is 18.3. The Kier molecular flexibility index (Phi) is 5.65. The molecule has 1 aromatic heterocycles. The summed E-state index contributed by atoms with van der Waals surface area (Å²) in [6.45, 7) is 1.97. The Morgan fingerprint density at radius 1 is 1.19 bits per heavy atom. The van der Waals surface area contributed by atoms with Gasteiger partial charge in [0.05, 0.1) is 24.2 Å². The number of fused-ring (bicyclic) bond motifs is 1. The van der Waals surface area contributed by atoms with E-state index in [1.54, 1.807) is 36.2 Å². The second-order valence-electron chi connectivity index (χ2n) is 8.42. The fraction of sp³-hybridized carbons (Fsp3) is 0.455. The van der Waals surface area contributed by atoms with Crippen LogP contribution in [0.15, 0.2) is 45.9 Å². The molecule has 2 aliphatic rings. The Labute approximate surface area is 182 Å². The van der Waals surface area contributed by atoms with Gasteiger partial charge in [0.25, 0.3) is 0 Å². The lowest BCUT2D eigenvalue weighted by Gasteiger charge is -2.23. The van der Waals surface area contributed by atoms with Crippen LogP contribution in [0.5, 0.6) is 0 Å². The molecule has 0 unspecified atom stereocenters. The molecule has 2 aromatic rings. The molecule has 0 spiro atoms. The molecule has 1 aliphatic heterocycles. The van der Waals surface area contributed by atoms with Gasteiger partial charge in [-0.15, -0.1) is 0 Å². The summed E-state index contributed by atoms with van der Waals surface area (Å²) in [5.41, 5.74) is 1.64. The zero-order chi connectivity index (χ0) is 22.3. The van der Waals surface area contributed by atoms with E-state index >= 15 is 0 Å². The summed E-state index contributed by atoms with van der Waals surface area (Å²) in [7, 11) is -0.851. The van der Waals surface area contributed by atoms with Crippen molar-refractivity contribution in [2.75, 3.05) is 25.5 Å². The molecular formula is C22H27N3O5S. The molecule has 4 rings (SSSR count). The van der Waals surface area contributed by atoms with Crippen LogP contribution in [-0.4, -0.2) is 56.1 Å².